The van der Waals surface area contributed by atoms with Crippen molar-refractivity contribution in [2.24, 2.45) is 4.99 Å². The summed E-state index contributed by atoms with van der Waals surface area (Å²) in [5, 5.41) is 13.5. The van der Waals surface area contributed by atoms with Crippen molar-refractivity contribution >= 4 is 11.6 Å². The molecule has 0 radical (unpaired) electrons. The standard InChI is InChI=1S/C18H29N3O3/c1-18(2,3)14-5-6-16(22)15(13-14)20-17(19-7-10-23-4)21-8-11-24-12-9-21/h5-6,13,22H,7-12H2,1-4H3,(H,19,20). The highest BCUT2D eigenvalue weighted by Gasteiger charge is 2.19. The van der Waals surface area contributed by atoms with Crippen molar-refractivity contribution in [2.45, 2.75) is 26.2 Å². The number of hydrogen-bond acceptors (Lipinski definition) is 4. The molecule has 0 amide bonds. The highest BCUT2D eigenvalue weighted by molar-refractivity contribution is 5.95. The first-order valence-corrected chi connectivity index (χ1v) is 8.38. The van der Waals surface area contributed by atoms with E-state index in [4.69, 9.17) is 9.47 Å². The van der Waals surface area contributed by atoms with Gasteiger partial charge in [-0.15, -0.1) is 0 Å². The van der Waals surface area contributed by atoms with Crippen LogP contribution in [0.3, 0.4) is 0 Å². The molecule has 1 fully saturated rings. The summed E-state index contributed by atoms with van der Waals surface area (Å²) >= 11 is 0. The van der Waals surface area contributed by atoms with E-state index in [1.807, 2.05) is 12.1 Å². The first-order valence-electron chi connectivity index (χ1n) is 8.38. The van der Waals surface area contributed by atoms with Gasteiger partial charge < -0.3 is 24.8 Å². The van der Waals surface area contributed by atoms with E-state index in [-0.39, 0.29) is 11.2 Å². The number of ether oxygens (including phenoxy) is 2. The normalized spacial score (nSPS) is 16.3. The molecule has 1 aliphatic heterocycles. The van der Waals surface area contributed by atoms with E-state index in [1.54, 1.807) is 13.2 Å². The van der Waals surface area contributed by atoms with Crippen LogP contribution in [0.1, 0.15) is 26.3 Å². The first kappa shape index (κ1) is 18.5. The quantitative estimate of drug-likeness (QED) is 0.383. The fraction of sp³-hybridized carbons (Fsp3) is 0.611. The average molecular weight is 335 g/mol. The number of nitrogens with one attached hydrogen (secondary N) is 1. The van der Waals surface area contributed by atoms with Gasteiger partial charge in [-0.1, -0.05) is 26.8 Å². The number of hydrogen-bond donors (Lipinski definition) is 2. The summed E-state index contributed by atoms with van der Waals surface area (Å²) in [5.74, 6) is 0.965. The summed E-state index contributed by atoms with van der Waals surface area (Å²) in [5.41, 5.74) is 1.84. The Bertz CT molecular complexity index is 561. The van der Waals surface area contributed by atoms with Gasteiger partial charge in [-0.05, 0) is 23.1 Å². The minimum atomic E-state index is 0.0104. The van der Waals surface area contributed by atoms with Crippen LogP contribution < -0.4 is 5.32 Å². The molecule has 134 valence electrons. The molecule has 24 heavy (non-hydrogen) atoms. The maximum Gasteiger partial charge on any atom is 0.198 e. The SMILES string of the molecule is COCCN=C(Nc1cc(C(C)(C)C)ccc1O)N1CCOCC1. The lowest BCUT2D eigenvalue weighted by atomic mass is 9.87. The van der Waals surface area contributed by atoms with Crippen LogP contribution in [0.4, 0.5) is 5.69 Å². The van der Waals surface area contributed by atoms with Crippen LogP contribution in [0.15, 0.2) is 23.2 Å². The fourth-order valence-electron chi connectivity index (χ4n) is 2.46. The topological polar surface area (TPSA) is 66.3 Å². The number of aliphatic imine (C=N–C) groups is 1. The second-order valence-electron chi connectivity index (χ2n) is 6.90. The zero-order valence-electron chi connectivity index (χ0n) is 15.1. The lowest BCUT2D eigenvalue weighted by Gasteiger charge is -2.30. The number of phenols is 1. The van der Waals surface area contributed by atoms with Gasteiger partial charge in [0.05, 0.1) is 32.1 Å². The number of nitrogens with zero attached hydrogens (tertiary/aromatic N) is 2. The van der Waals surface area contributed by atoms with Crippen molar-refractivity contribution in [3.8, 4) is 5.75 Å². The summed E-state index contributed by atoms with van der Waals surface area (Å²) in [6, 6.07) is 5.67. The second-order valence-corrected chi connectivity index (χ2v) is 6.90. The number of benzene rings is 1. The lowest BCUT2D eigenvalue weighted by molar-refractivity contribution is 0.0678. The summed E-state index contributed by atoms with van der Waals surface area (Å²) in [7, 11) is 1.66. The molecule has 0 unspecified atom stereocenters. The van der Waals surface area contributed by atoms with Crippen molar-refractivity contribution in [2.75, 3.05) is 51.9 Å². The van der Waals surface area contributed by atoms with Crippen LogP contribution in [-0.4, -0.2) is 62.5 Å². The summed E-state index contributed by atoms with van der Waals surface area (Å²) in [6.07, 6.45) is 0. The van der Waals surface area contributed by atoms with E-state index in [9.17, 15) is 5.11 Å². The molecule has 0 saturated carbocycles. The van der Waals surface area contributed by atoms with Crippen molar-refractivity contribution in [1.29, 1.82) is 0 Å². The van der Waals surface area contributed by atoms with Crippen LogP contribution in [0.25, 0.3) is 0 Å². The number of guanidine groups is 1. The number of methoxy groups -OCH3 is 1. The average Bonchev–Trinajstić information content (AvgIpc) is 2.55. The third-order valence-electron chi connectivity index (χ3n) is 3.98. The van der Waals surface area contributed by atoms with Gasteiger partial charge in [0.15, 0.2) is 5.96 Å². The Balaban J connectivity index is 2.23. The predicted molar refractivity (Wildman–Crippen MR) is 97.0 cm³/mol. The van der Waals surface area contributed by atoms with E-state index >= 15 is 0 Å². The molecule has 0 spiro atoms. The van der Waals surface area contributed by atoms with Crippen molar-refractivity contribution in [3.63, 3.8) is 0 Å². The van der Waals surface area contributed by atoms with Gasteiger partial charge in [0, 0.05) is 20.2 Å². The molecule has 6 nitrogen and oxygen atoms in total. The molecule has 1 aromatic rings. The Kier molecular flexibility index (Phi) is 6.45. The Hall–Kier alpha value is -1.79. The molecule has 0 aromatic heterocycles. The van der Waals surface area contributed by atoms with Gasteiger partial charge in [0.25, 0.3) is 0 Å². The number of rotatable bonds is 4. The number of aromatic hydroxyl groups is 1. The van der Waals surface area contributed by atoms with E-state index in [1.165, 1.54) is 0 Å². The molecule has 6 heteroatoms. The summed E-state index contributed by atoms with van der Waals surface area (Å²) in [6.45, 7) is 10.5. The third-order valence-corrected chi connectivity index (χ3v) is 3.98. The molecule has 1 heterocycles. The lowest BCUT2D eigenvalue weighted by Crippen LogP contribution is -2.44. The van der Waals surface area contributed by atoms with E-state index in [0.29, 0.717) is 32.1 Å². The van der Waals surface area contributed by atoms with E-state index in [0.717, 1.165) is 24.6 Å². The van der Waals surface area contributed by atoms with Crippen molar-refractivity contribution in [3.05, 3.63) is 23.8 Å². The van der Waals surface area contributed by atoms with Crippen LogP contribution >= 0.6 is 0 Å². The minimum absolute atomic E-state index is 0.0104. The van der Waals surface area contributed by atoms with Gasteiger partial charge in [-0.2, -0.15) is 0 Å². The monoisotopic (exact) mass is 335 g/mol. The summed E-state index contributed by atoms with van der Waals surface area (Å²) < 4.78 is 10.5. The Morgan fingerprint density at radius 1 is 1.33 bits per heavy atom. The molecule has 1 aliphatic rings. The Morgan fingerprint density at radius 3 is 2.67 bits per heavy atom. The molecular formula is C18H29N3O3. The predicted octanol–water partition coefficient (Wildman–Crippen LogP) is 2.44. The zero-order valence-corrected chi connectivity index (χ0v) is 15.1. The van der Waals surface area contributed by atoms with Crippen LogP contribution in [0.5, 0.6) is 5.75 Å². The van der Waals surface area contributed by atoms with Gasteiger partial charge in [0.1, 0.15) is 5.75 Å². The Morgan fingerprint density at radius 2 is 2.04 bits per heavy atom. The highest BCUT2D eigenvalue weighted by Crippen LogP contribution is 2.30. The fourth-order valence-corrected chi connectivity index (χ4v) is 2.46. The molecular weight excluding hydrogens is 306 g/mol. The number of morpholine rings is 1. The van der Waals surface area contributed by atoms with E-state index < -0.39 is 0 Å². The highest BCUT2D eigenvalue weighted by atomic mass is 16.5. The Labute approximate surface area is 144 Å². The van der Waals surface area contributed by atoms with Crippen molar-refractivity contribution in [1.82, 2.24) is 4.90 Å². The second kappa shape index (κ2) is 8.35. The third kappa shape index (κ3) is 5.11. The van der Waals surface area contributed by atoms with Gasteiger partial charge in [0.2, 0.25) is 0 Å². The minimum Gasteiger partial charge on any atom is -0.506 e. The molecule has 2 N–H and O–H groups in total. The molecule has 2 rings (SSSR count). The van der Waals surface area contributed by atoms with Crippen LogP contribution in [0, 0.1) is 0 Å². The molecule has 0 atom stereocenters. The summed E-state index contributed by atoms with van der Waals surface area (Å²) in [4.78, 5) is 6.75. The van der Waals surface area contributed by atoms with Crippen LogP contribution in [-0.2, 0) is 14.9 Å². The van der Waals surface area contributed by atoms with Crippen LogP contribution in [0.2, 0.25) is 0 Å². The van der Waals surface area contributed by atoms with Crippen molar-refractivity contribution < 1.29 is 14.6 Å². The zero-order chi connectivity index (χ0) is 17.6. The molecule has 1 aromatic carbocycles. The number of anilines is 1. The van der Waals surface area contributed by atoms with Gasteiger partial charge in [-0.25, -0.2) is 0 Å². The molecule has 0 bridgehead atoms. The smallest absolute Gasteiger partial charge is 0.198 e. The van der Waals surface area contributed by atoms with Gasteiger partial charge in [-0.3, -0.25) is 4.99 Å². The first-order chi connectivity index (χ1) is 11.4. The number of phenolic OH excluding ortho intramolecular Hbond substituents is 1. The maximum atomic E-state index is 10.2. The maximum absolute atomic E-state index is 10.2. The molecule has 1 saturated heterocycles. The largest absolute Gasteiger partial charge is 0.506 e. The molecule has 0 aliphatic carbocycles. The van der Waals surface area contributed by atoms with Gasteiger partial charge >= 0.3 is 0 Å². The van der Waals surface area contributed by atoms with E-state index in [2.05, 4.69) is 36.0 Å².